The Kier molecular flexibility index (Phi) is 7.84. The maximum atomic E-state index is 13.1. The van der Waals surface area contributed by atoms with Crippen molar-refractivity contribution in [3.05, 3.63) is 99.6 Å². The first kappa shape index (κ1) is 26.0. The molecule has 0 spiro atoms. The molecule has 1 aliphatic rings. The van der Waals surface area contributed by atoms with Gasteiger partial charge in [0.25, 0.3) is 5.91 Å². The fourth-order valence-electron chi connectivity index (χ4n) is 4.93. The van der Waals surface area contributed by atoms with Crippen LogP contribution >= 0.6 is 0 Å². The van der Waals surface area contributed by atoms with E-state index in [1.807, 2.05) is 44.2 Å². The Morgan fingerprint density at radius 1 is 0.944 bits per heavy atom. The normalized spacial score (nSPS) is 14.1. The number of carbonyl (C=O) groups is 1. The van der Waals surface area contributed by atoms with Gasteiger partial charge in [0, 0.05) is 5.56 Å². The van der Waals surface area contributed by atoms with Crippen molar-refractivity contribution in [3.63, 3.8) is 0 Å². The number of anilines is 1. The zero-order chi connectivity index (χ0) is 25.9. The summed E-state index contributed by atoms with van der Waals surface area (Å²) in [4.78, 5) is 13.1. The van der Waals surface area contributed by atoms with Gasteiger partial charge in [-0.3, -0.25) is 9.10 Å². The fraction of sp³-hybridized carbons (Fsp3) is 0.367. The number of rotatable bonds is 8. The number of sulfonamides is 1. The van der Waals surface area contributed by atoms with Crippen LogP contribution in [0.5, 0.6) is 0 Å². The average molecular weight is 505 g/mol. The average Bonchev–Trinajstić information content (AvgIpc) is 2.86. The second-order valence-electron chi connectivity index (χ2n) is 9.93. The Balaban J connectivity index is 1.49. The fourth-order valence-corrected chi connectivity index (χ4v) is 5.87. The van der Waals surface area contributed by atoms with Gasteiger partial charge in [-0.2, -0.15) is 0 Å². The number of benzene rings is 3. The van der Waals surface area contributed by atoms with Gasteiger partial charge in [-0.25, -0.2) is 8.42 Å². The van der Waals surface area contributed by atoms with Gasteiger partial charge >= 0.3 is 0 Å². The molecule has 5 nitrogen and oxygen atoms in total. The number of amides is 1. The number of fused-ring (bicyclic) bond motifs is 1. The third kappa shape index (κ3) is 5.98. The van der Waals surface area contributed by atoms with Crippen LogP contribution in [0.4, 0.5) is 5.69 Å². The van der Waals surface area contributed by atoms with Crippen molar-refractivity contribution in [2.24, 2.45) is 0 Å². The summed E-state index contributed by atoms with van der Waals surface area (Å²) in [5.41, 5.74) is 7.96. The molecule has 3 aromatic carbocycles. The number of carbonyl (C=O) groups excluding carboxylic acids is 1. The zero-order valence-electron chi connectivity index (χ0n) is 21.7. The van der Waals surface area contributed by atoms with Crippen molar-refractivity contribution < 1.29 is 13.2 Å². The number of hydrogen-bond acceptors (Lipinski definition) is 3. The Labute approximate surface area is 215 Å². The molecule has 4 rings (SSSR count). The van der Waals surface area contributed by atoms with Crippen molar-refractivity contribution in [2.45, 2.75) is 65.5 Å². The molecule has 1 aliphatic carbocycles. The molecule has 0 unspecified atom stereocenters. The lowest BCUT2D eigenvalue weighted by atomic mass is 9.88. The second-order valence-corrected chi connectivity index (χ2v) is 11.8. The van der Waals surface area contributed by atoms with Crippen LogP contribution in [-0.4, -0.2) is 20.6 Å². The van der Waals surface area contributed by atoms with Gasteiger partial charge in [-0.05, 0) is 97.5 Å². The first-order valence-electron chi connectivity index (χ1n) is 12.7. The first-order chi connectivity index (χ1) is 17.2. The minimum absolute atomic E-state index is 0.0468. The van der Waals surface area contributed by atoms with Gasteiger partial charge in [0.15, 0.2) is 0 Å². The quantitative estimate of drug-likeness (QED) is 0.407. The van der Waals surface area contributed by atoms with E-state index in [2.05, 4.69) is 30.4 Å². The first-order valence-corrected chi connectivity index (χ1v) is 14.6. The maximum Gasteiger partial charge on any atom is 0.251 e. The maximum absolute atomic E-state index is 13.1. The highest BCUT2D eigenvalue weighted by molar-refractivity contribution is 7.92. The van der Waals surface area contributed by atoms with Crippen molar-refractivity contribution >= 4 is 21.6 Å². The van der Waals surface area contributed by atoms with Crippen LogP contribution in [0.1, 0.15) is 76.0 Å². The molecule has 0 heterocycles. The molecule has 0 fully saturated rings. The molecule has 0 saturated carbocycles. The topological polar surface area (TPSA) is 66.5 Å². The summed E-state index contributed by atoms with van der Waals surface area (Å²) in [5, 5.41) is 3.18. The highest BCUT2D eigenvalue weighted by Gasteiger charge is 2.21. The van der Waals surface area contributed by atoms with E-state index in [0.717, 1.165) is 41.5 Å². The Morgan fingerprint density at radius 2 is 1.64 bits per heavy atom. The molecule has 0 aliphatic heterocycles. The number of nitrogens with one attached hydrogen (secondary N) is 1. The molecule has 0 aromatic heterocycles. The second kappa shape index (κ2) is 10.9. The van der Waals surface area contributed by atoms with Gasteiger partial charge < -0.3 is 5.32 Å². The Bertz CT molecular complexity index is 1350. The van der Waals surface area contributed by atoms with Crippen LogP contribution in [0.3, 0.4) is 0 Å². The van der Waals surface area contributed by atoms with Crippen molar-refractivity contribution in [3.8, 4) is 0 Å². The molecule has 0 radical (unpaired) electrons. The molecule has 6 heteroatoms. The summed E-state index contributed by atoms with van der Waals surface area (Å²) in [6.07, 6.45) is 6.77. The lowest BCUT2D eigenvalue weighted by Gasteiger charge is -2.25. The smallest absolute Gasteiger partial charge is 0.251 e. The summed E-state index contributed by atoms with van der Waals surface area (Å²) in [6.45, 7) is 6.15. The summed E-state index contributed by atoms with van der Waals surface area (Å²) in [7, 11) is -3.48. The molecule has 190 valence electrons. The van der Waals surface area contributed by atoms with Gasteiger partial charge in [0.05, 0.1) is 24.5 Å². The van der Waals surface area contributed by atoms with Crippen LogP contribution in [0.2, 0.25) is 0 Å². The third-order valence-electron chi connectivity index (χ3n) is 7.06. The highest BCUT2D eigenvalue weighted by Crippen LogP contribution is 2.28. The van der Waals surface area contributed by atoms with Gasteiger partial charge in [-0.15, -0.1) is 0 Å². The lowest BCUT2D eigenvalue weighted by molar-refractivity contribution is 0.0935. The van der Waals surface area contributed by atoms with Crippen LogP contribution in [0.15, 0.2) is 60.7 Å². The molecular formula is C30H36N2O3S. The van der Waals surface area contributed by atoms with Gasteiger partial charge in [-0.1, -0.05) is 49.4 Å². The van der Waals surface area contributed by atoms with Crippen LogP contribution in [-0.2, 0) is 29.4 Å². The summed E-state index contributed by atoms with van der Waals surface area (Å²) in [6, 6.07) is 19.6. The molecule has 36 heavy (non-hydrogen) atoms. The van der Waals surface area contributed by atoms with Gasteiger partial charge in [0.1, 0.15) is 0 Å². The predicted octanol–water partition coefficient (Wildman–Crippen LogP) is 6.03. The molecule has 1 N–H and O–H groups in total. The number of hydrogen-bond donors (Lipinski definition) is 1. The van der Waals surface area contributed by atoms with E-state index in [9.17, 15) is 13.2 Å². The summed E-state index contributed by atoms with van der Waals surface area (Å²) < 4.78 is 26.7. The minimum atomic E-state index is -3.48. The van der Waals surface area contributed by atoms with E-state index in [0.29, 0.717) is 11.3 Å². The number of nitrogens with zero attached hydrogens (tertiary/aromatic N) is 1. The predicted molar refractivity (Wildman–Crippen MR) is 147 cm³/mol. The summed E-state index contributed by atoms with van der Waals surface area (Å²) in [5.74, 6) is -0.124. The zero-order valence-corrected chi connectivity index (χ0v) is 22.5. The van der Waals surface area contributed by atoms with Crippen molar-refractivity contribution in [2.75, 3.05) is 10.6 Å². The summed E-state index contributed by atoms with van der Waals surface area (Å²) >= 11 is 0. The monoisotopic (exact) mass is 504 g/mol. The molecule has 0 saturated heterocycles. The van der Waals surface area contributed by atoms with Crippen LogP contribution in [0, 0.1) is 13.8 Å². The van der Waals surface area contributed by atoms with Gasteiger partial charge in [0.2, 0.25) is 10.0 Å². The SMILES string of the molecule is CC[C@H](NC(=O)c1ccc(CN(c2cc(C)ccc2C)S(C)(=O)=O)cc1)c1ccc2c(c1)CCCC2. The van der Waals surface area contributed by atoms with Crippen LogP contribution < -0.4 is 9.62 Å². The van der Waals surface area contributed by atoms with Crippen LogP contribution in [0.25, 0.3) is 0 Å². The van der Waals surface area contributed by atoms with Crippen molar-refractivity contribution in [1.29, 1.82) is 0 Å². The van der Waals surface area contributed by atoms with E-state index in [-0.39, 0.29) is 18.5 Å². The van der Waals surface area contributed by atoms with Crippen molar-refractivity contribution in [1.82, 2.24) is 5.32 Å². The minimum Gasteiger partial charge on any atom is -0.345 e. The van der Waals surface area contributed by atoms with E-state index in [1.54, 1.807) is 12.1 Å². The Morgan fingerprint density at radius 3 is 2.31 bits per heavy atom. The molecular weight excluding hydrogens is 468 g/mol. The standard InChI is InChI=1S/C30H36N2O3S/c1-5-28(27-17-16-24-8-6-7-9-26(24)19-27)31-30(33)25-14-12-23(13-15-25)20-32(36(4,34)35)29-18-21(2)10-11-22(29)3/h10-19,28H,5-9,20H2,1-4H3,(H,31,33)/t28-/m0/s1. The lowest BCUT2D eigenvalue weighted by Crippen LogP contribution is -2.30. The molecule has 1 atom stereocenters. The Hall–Kier alpha value is -3.12. The van der Waals surface area contributed by atoms with E-state index in [4.69, 9.17) is 0 Å². The molecule has 1 amide bonds. The van der Waals surface area contributed by atoms with E-state index in [1.165, 1.54) is 34.5 Å². The highest BCUT2D eigenvalue weighted by atomic mass is 32.2. The largest absolute Gasteiger partial charge is 0.345 e. The van der Waals surface area contributed by atoms with E-state index < -0.39 is 10.0 Å². The third-order valence-corrected chi connectivity index (χ3v) is 8.19. The molecule has 3 aromatic rings. The number of aryl methyl sites for hydroxylation is 4. The van der Waals surface area contributed by atoms with E-state index >= 15 is 0 Å². The molecule has 0 bridgehead atoms.